The number of H-pyrrole nitrogens is 1. The van der Waals surface area contributed by atoms with Crippen molar-refractivity contribution >= 4 is 5.91 Å². The van der Waals surface area contributed by atoms with Crippen molar-refractivity contribution in [1.82, 2.24) is 15.5 Å². The van der Waals surface area contributed by atoms with Crippen LogP contribution < -0.4 is 5.32 Å². The Bertz CT molecular complexity index is 588. The van der Waals surface area contributed by atoms with Gasteiger partial charge < -0.3 is 10.4 Å². The highest BCUT2D eigenvalue weighted by atomic mass is 16.3. The van der Waals surface area contributed by atoms with E-state index in [-0.39, 0.29) is 11.9 Å². The second-order valence-electron chi connectivity index (χ2n) is 5.33. The van der Waals surface area contributed by atoms with Crippen LogP contribution in [0.3, 0.4) is 0 Å². The molecule has 1 aromatic heterocycles. The van der Waals surface area contributed by atoms with E-state index >= 15 is 0 Å². The summed E-state index contributed by atoms with van der Waals surface area (Å²) >= 11 is 0. The van der Waals surface area contributed by atoms with E-state index in [9.17, 15) is 9.90 Å². The number of amides is 1. The molecular formula is C16H21N3O2. The third-order valence-electron chi connectivity index (χ3n) is 3.58. The number of hydrogen-bond donors (Lipinski definition) is 3. The smallest absolute Gasteiger partial charge is 0.255 e. The second kappa shape index (κ2) is 6.54. The van der Waals surface area contributed by atoms with Crippen LogP contribution in [0, 0.1) is 13.8 Å². The third kappa shape index (κ3) is 3.70. The van der Waals surface area contributed by atoms with Gasteiger partial charge in [-0.15, -0.1) is 0 Å². The number of carbonyl (C=O) groups is 1. The van der Waals surface area contributed by atoms with Crippen molar-refractivity contribution in [2.24, 2.45) is 0 Å². The van der Waals surface area contributed by atoms with E-state index in [1.165, 1.54) is 0 Å². The lowest BCUT2D eigenvalue weighted by atomic mass is 10.0. The molecule has 2 aromatic rings. The van der Waals surface area contributed by atoms with Crippen molar-refractivity contribution in [3.05, 3.63) is 52.8 Å². The summed E-state index contributed by atoms with van der Waals surface area (Å²) in [6, 6.07) is 9.38. The zero-order chi connectivity index (χ0) is 15.4. The van der Waals surface area contributed by atoms with Crippen LogP contribution in [0.4, 0.5) is 0 Å². The summed E-state index contributed by atoms with van der Waals surface area (Å²) in [5.41, 5.74) is 2.99. The Labute approximate surface area is 124 Å². The van der Waals surface area contributed by atoms with Gasteiger partial charge in [0, 0.05) is 12.1 Å². The molecule has 2 atom stereocenters. The Morgan fingerprint density at radius 3 is 2.57 bits per heavy atom. The highest BCUT2D eigenvalue weighted by Gasteiger charge is 2.21. The Kier molecular flexibility index (Phi) is 4.75. The standard InChI is InChI=1S/C16H21N3O2/c1-10(14(20)9-13-7-5-4-6-8-13)17-16(21)15-11(2)18-19-12(15)3/h4-8,10,14,20H,9H2,1-3H3,(H,17,21)(H,18,19). The van der Waals surface area contributed by atoms with Crippen molar-refractivity contribution in [2.45, 2.75) is 39.3 Å². The summed E-state index contributed by atoms with van der Waals surface area (Å²) < 4.78 is 0. The van der Waals surface area contributed by atoms with Gasteiger partial charge in [-0.25, -0.2) is 0 Å². The first kappa shape index (κ1) is 15.3. The molecule has 0 aliphatic carbocycles. The van der Waals surface area contributed by atoms with Crippen LogP contribution in [0.2, 0.25) is 0 Å². The molecule has 0 aliphatic rings. The summed E-state index contributed by atoms with van der Waals surface area (Å²) in [5.74, 6) is -0.210. The molecule has 112 valence electrons. The van der Waals surface area contributed by atoms with Crippen LogP contribution in [-0.2, 0) is 6.42 Å². The van der Waals surface area contributed by atoms with Gasteiger partial charge in [-0.2, -0.15) is 5.10 Å². The molecule has 5 nitrogen and oxygen atoms in total. The topological polar surface area (TPSA) is 78.0 Å². The van der Waals surface area contributed by atoms with Gasteiger partial charge in [0.25, 0.3) is 5.91 Å². The first-order valence-corrected chi connectivity index (χ1v) is 7.03. The van der Waals surface area contributed by atoms with Crippen molar-refractivity contribution in [3.63, 3.8) is 0 Å². The van der Waals surface area contributed by atoms with Gasteiger partial charge >= 0.3 is 0 Å². The number of rotatable bonds is 5. The molecule has 1 heterocycles. The van der Waals surface area contributed by atoms with Crippen LogP contribution >= 0.6 is 0 Å². The minimum atomic E-state index is -0.635. The molecule has 0 saturated heterocycles. The molecule has 0 saturated carbocycles. The summed E-state index contributed by atoms with van der Waals surface area (Å²) in [7, 11) is 0. The van der Waals surface area contributed by atoms with Gasteiger partial charge in [-0.3, -0.25) is 9.89 Å². The van der Waals surface area contributed by atoms with Crippen molar-refractivity contribution < 1.29 is 9.90 Å². The highest BCUT2D eigenvalue weighted by molar-refractivity contribution is 5.96. The average Bonchev–Trinajstić information content (AvgIpc) is 2.79. The molecule has 0 fully saturated rings. The third-order valence-corrected chi connectivity index (χ3v) is 3.58. The largest absolute Gasteiger partial charge is 0.391 e. The number of aromatic nitrogens is 2. The molecular weight excluding hydrogens is 266 g/mol. The molecule has 0 radical (unpaired) electrons. The fourth-order valence-electron chi connectivity index (χ4n) is 2.29. The molecule has 0 aliphatic heterocycles. The molecule has 21 heavy (non-hydrogen) atoms. The van der Waals surface area contributed by atoms with Crippen molar-refractivity contribution in [3.8, 4) is 0 Å². The van der Waals surface area contributed by atoms with Gasteiger partial charge in [-0.05, 0) is 26.3 Å². The van der Waals surface area contributed by atoms with E-state index in [1.807, 2.05) is 30.3 Å². The Balaban J connectivity index is 1.98. The Hall–Kier alpha value is -2.14. The van der Waals surface area contributed by atoms with Crippen LogP contribution in [0.25, 0.3) is 0 Å². The number of benzene rings is 1. The van der Waals surface area contributed by atoms with Crippen LogP contribution in [0.1, 0.15) is 34.2 Å². The minimum absolute atomic E-state index is 0.210. The van der Waals surface area contributed by atoms with E-state index in [4.69, 9.17) is 0 Å². The highest BCUT2D eigenvalue weighted by Crippen LogP contribution is 2.11. The molecule has 5 heteroatoms. The Morgan fingerprint density at radius 2 is 2.00 bits per heavy atom. The fourth-order valence-corrected chi connectivity index (χ4v) is 2.29. The number of carbonyl (C=O) groups excluding carboxylic acids is 1. The second-order valence-corrected chi connectivity index (χ2v) is 5.33. The number of aliphatic hydroxyl groups excluding tert-OH is 1. The lowest BCUT2D eigenvalue weighted by Gasteiger charge is -2.20. The molecule has 3 N–H and O–H groups in total. The summed E-state index contributed by atoms with van der Waals surface area (Å²) in [6.07, 6.45) is -0.130. The maximum absolute atomic E-state index is 12.2. The molecule has 1 aromatic carbocycles. The van der Waals surface area contributed by atoms with Gasteiger partial charge in [0.2, 0.25) is 0 Å². The lowest BCUT2D eigenvalue weighted by molar-refractivity contribution is 0.0850. The van der Waals surface area contributed by atoms with Crippen molar-refractivity contribution in [2.75, 3.05) is 0 Å². The zero-order valence-corrected chi connectivity index (χ0v) is 12.6. The molecule has 0 spiro atoms. The van der Waals surface area contributed by atoms with Gasteiger partial charge in [0.1, 0.15) is 0 Å². The van der Waals surface area contributed by atoms with E-state index in [0.717, 1.165) is 11.3 Å². The average molecular weight is 287 g/mol. The van der Waals surface area contributed by atoms with Crippen LogP contribution in [-0.4, -0.2) is 33.4 Å². The summed E-state index contributed by atoms with van der Waals surface area (Å²) in [4.78, 5) is 12.2. The summed E-state index contributed by atoms with van der Waals surface area (Å²) in [5, 5.41) is 19.8. The van der Waals surface area contributed by atoms with Crippen LogP contribution in [0.5, 0.6) is 0 Å². The number of nitrogens with one attached hydrogen (secondary N) is 2. The van der Waals surface area contributed by atoms with E-state index in [1.54, 1.807) is 20.8 Å². The van der Waals surface area contributed by atoms with E-state index < -0.39 is 6.10 Å². The molecule has 2 rings (SSSR count). The first-order valence-electron chi connectivity index (χ1n) is 7.03. The van der Waals surface area contributed by atoms with Gasteiger partial charge in [0.05, 0.1) is 23.4 Å². The molecule has 0 bridgehead atoms. The number of aryl methyl sites for hydroxylation is 2. The Morgan fingerprint density at radius 1 is 1.33 bits per heavy atom. The van der Waals surface area contributed by atoms with E-state index in [0.29, 0.717) is 17.7 Å². The fraction of sp³-hybridized carbons (Fsp3) is 0.375. The predicted molar refractivity (Wildman–Crippen MR) is 81.1 cm³/mol. The maximum Gasteiger partial charge on any atom is 0.255 e. The number of nitrogens with zero attached hydrogens (tertiary/aromatic N) is 1. The van der Waals surface area contributed by atoms with Gasteiger partial charge in [-0.1, -0.05) is 30.3 Å². The summed E-state index contributed by atoms with van der Waals surface area (Å²) in [6.45, 7) is 5.39. The van der Waals surface area contributed by atoms with E-state index in [2.05, 4.69) is 15.5 Å². The first-order chi connectivity index (χ1) is 9.99. The predicted octanol–water partition coefficient (Wildman–Crippen LogP) is 1.75. The maximum atomic E-state index is 12.2. The SMILES string of the molecule is Cc1n[nH]c(C)c1C(=O)NC(C)C(O)Cc1ccccc1. The van der Waals surface area contributed by atoms with Gasteiger partial charge in [0.15, 0.2) is 0 Å². The number of aliphatic hydroxyl groups is 1. The number of hydrogen-bond acceptors (Lipinski definition) is 3. The molecule has 1 amide bonds. The van der Waals surface area contributed by atoms with Crippen LogP contribution in [0.15, 0.2) is 30.3 Å². The lowest BCUT2D eigenvalue weighted by Crippen LogP contribution is -2.42. The zero-order valence-electron chi connectivity index (χ0n) is 12.6. The van der Waals surface area contributed by atoms with Crippen molar-refractivity contribution in [1.29, 1.82) is 0 Å². The normalized spacial score (nSPS) is 13.7. The number of aromatic amines is 1. The monoisotopic (exact) mass is 287 g/mol. The minimum Gasteiger partial charge on any atom is -0.391 e. The quantitative estimate of drug-likeness (QED) is 0.784. The molecule has 2 unspecified atom stereocenters.